The Morgan fingerprint density at radius 3 is 2.52 bits per heavy atom. The zero-order valence-electron chi connectivity index (χ0n) is 13.5. The predicted octanol–water partition coefficient (Wildman–Crippen LogP) is 2.19. The number of rotatable bonds is 9. The summed E-state index contributed by atoms with van der Waals surface area (Å²) in [6.07, 6.45) is -0.0223. The van der Waals surface area contributed by atoms with Gasteiger partial charge in [-0.15, -0.1) is 0 Å². The van der Waals surface area contributed by atoms with Crippen LogP contribution in [-0.4, -0.2) is 49.7 Å². The molecule has 0 saturated carbocycles. The van der Waals surface area contributed by atoms with Crippen LogP contribution in [0.2, 0.25) is 0 Å². The Morgan fingerprint density at radius 2 is 1.91 bits per heavy atom. The lowest BCUT2D eigenvalue weighted by atomic mass is 10.3. The van der Waals surface area contributed by atoms with Gasteiger partial charge in [0.15, 0.2) is 0 Å². The summed E-state index contributed by atoms with van der Waals surface area (Å²) in [4.78, 5) is 24.7. The van der Waals surface area contributed by atoms with Crippen LogP contribution in [0, 0.1) is 5.82 Å². The molecule has 0 fully saturated rings. The number of amides is 2. The summed E-state index contributed by atoms with van der Waals surface area (Å²) in [5.74, 6) is -0.0959. The first-order valence-corrected chi connectivity index (χ1v) is 7.62. The van der Waals surface area contributed by atoms with Gasteiger partial charge in [-0.3, -0.25) is 15.0 Å². The third kappa shape index (κ3) is 8.15. The molecule has 0 spiro atoms. The molecule has 6 nitrogen and oxygen atoms in total. The van der Waals surface area contributed by atoms with Gasteiger partial charge >= 0.3 is 6.09 Å². The first-order valence-electron chi connectivity index (χ1n) is 7.62. The van der Waals surface area contributed by atoms with Crippen LogP contribution in [-0.2, 0) is 9.53 Å². The highest BCUT2D eigenvalue weighted by Crippen LogP contribution is 2.11. The number of likely N-dealkylation sites (N-methyl/N-ethyl adjacent to an activating group) is 1. The van der Waals surface area contributed by atoms with Gasteiger partial charge in [-0.05, 0) is 44.2 Å². The van der Waals surface area contributed by atoms with Crippen molar-refractivity contribution in [2.45, 2.75) is 20.3 Å². The second-order valence-corrected chi connectivity index (χ2v) is 4.79. The molecule has 0 atom stereocenters. The van der Waals surface area contributed by atoms with Crippen molar-refractivity contribution < 1.29 is 23.5 Å². The molecule has 7 heteroatoms. The van der Waals surface area contributed by atoms with Crippen molar-refractivity contribution in [3.05, 3.63) is 30.1 Å². The number of hydrogen-bond donors (Lipinski definition) is 1. The normalized spacial score (nSPS) is 10.4. The molecular weight excluding hydrogens is 303 g/mol. The second kappa shape index (κ2) is 10.6. The summed E-state index contributed by atoms with van der Waals surface area (Å²) in [5, 5.41) is 2.16. The lowest BCUT2D eigenvalue weighted by molar-refractivity contribution is -0.121. The molecule has 2 amide bonds. The Labute approximate surface area is 135 Å². The monoisotopic (exact) mass is 326 g/mol. The number of nitrogens with one attached hydrogen (secondary N) is 1. The van der Waals surface area contributed by atoms with E-state index in [4.69, 9.17) is 4.74 Å². The fraction of sp³-hybridized carbons (Fsp3) is 0.500. The van der Waals surface area contributed by atoms with Gasteiger partial charge in [-0.1, -0.05) is 6.92 Å². The van der Waals surface area contributed by atoms with Crippen molar-refractivity contribution in [1.29, 1.82) is 0 Å². The van der Waals surface area contributed by atoms with Gasteiger partial charge in [0.2, 0.25) is 5.91 Å². The molecule has 0 aliphatic heterocycles. The molecular formula is C16H23FN2O4. The summed E-state index contributed by atoms with van der Waals surface area (Å²) in [5.41, 5.74) is 0. The molecule has 1 aromatic rings. The molecule has 0 aliphatic rings. The van der Waals surface area contributed by atoms with Crippen molar-refractivity contribution in [2.24, 2.45) is 0 Å². The van der Waals surface area contributed by atoms with Gasteiger partial charge in [0.05, 0.1) is 19.8 Å². The average Bonchev–Trinajstić information content (AvgIpc) is 2.52. The van der Waals surface area contributed by atoms with Crippen LogP contribution in [0.4, 0.5) is 9.18 Å². The van der Waals surface area contributed by atoms with Gasteiger partial charge < -0.3 is 9.47 Å². The summed E-state index contributed by atoms with van der Waals surface area (Å²) in [6.45, 7) is 5.72. The van der Waals surface area contributed by atoms with Crippen molar-refractivity contribution in [2.75, 3.05) is 32.8 Å². The van der Waals surface area contributed by atoms with Crippen LogP contribution in [0.3, 0.4) is 0 Å². The van der Waals surface area contributed by atoms with E-state index in [1.54, 1.807) is 19.1 Å². The maximum absolute atomic E-state index is 12.8. The number of carbonyl (C=O) groups excluding carboxylic acids is 2. The molecule has 1 rings (SSSR count). The fourth-order valence-corrected chi connectivity index (χ4v) is 1.88. The zero-order valence-corrected chi connectivity index (χ0v) is 13.5. The highest BCUT2D eigenvalue weighted by molar-refractivity contribution is 5.92. The van der Waals surface area contributed by atoms with Crippen molar-refractivity contribution in [3.63, 3.8) is 0 Å². The Hall–Kier alpha value is -2.15. The number of halogens is 1. The van der Waals surface area contributed by atoms with Gasteiger partial charge in [-0.2, -0.15) is 0 Å². The zero-order chi connectivity index (χ0) is 17.1. The van der Waals surface area contributed by atoms with E-state index in [0.717, 1.165) is 0 Å². The Morgan fingerprint density at radius 1 is 1.22 bits per heavy atom. The maximum Gasteiger partial charge on any atom is 0.413 e. The molecule has 0 radical (unpaired) electrons. The van der Waals surface area contributed by atoms with Gasteiger partial charge in [-0.25, -0.2) is 9.18 Å². The molecule has 0 saturated heterocycles. The highest BCUT2D eigenvalue weighted by Gasteiger charge is 2.12. The number of ether oxygens (including phenoxy) is 2. The van der Waals surface area contributed by atoms with E-state index in [1.807, 2.05) is 11.8 Å². The van der Waals surface area contributed by atoms with E-state index in [1.165, 1.54) is 12.1 Å². The summed E-state index contributed by atoms with van der Waals surface area (Å²) in [6, 6.07) is 5.82. The average molecular weight is 326 g/mol. The first-order chi connectivity index (χ1) is 11.0. The predicted molar refractivity (Wildman–Crippen MR) is 83.8 cm³/mol. The minimum Gasteiger partial charge on any atom is -0.494 e. The summed E-state index contributed by atoms with van der Waals surface area (Å²) in [7, 11) is 0. The number of hydrogen-bond acceptors (Lipinski definition) is 5. The van der Waals surface area contributed by atoms with E-state index in [-0.39, 0.29) is 19.0 Å². The van der Waals surface area contributed by atoms with Gasteiger partial charge in [0.25, 0.3) is 0 Å². The molecule has 0 bridgehead atoms. The maximum atomic E-state index is 12.8. The standard InChI is InChI=1S/C16H23FN2O4/c1-3-19(12-15(20)18-16(21)22-4-2)10-5-11-23-14-8-6-13(17)7-9-14/h6-9H,3-5,10-12H2,1-2H3,(H,18,20,21). The molecule has 0 heterocycles. The number of carbonyl (C=O) groups is 2. The van der Waals surface area contributed by atoms with Crippen LogP contribution in [0.1, 0.15) is 20.3 Å². The number of imide groups is 1. The van der Waals surface area contributed by atoms with Crippen LogP contribution < -0.4 is 10.1 Å². The molecule has 0 unspecified atom stereocenters. The number of alkyl carbamates (subject to hydrolysis) is 1. The highest BCUT2D eigenvalue weighted by atomic mass is 19.1. The molecule has 23 heavy (non-hydrogen) atoms. The molecule has 0 aromatic heterocycles. The largest absolute Gasteiger partial charge is 0.494 e. The lowest BCUT2D eigenvalue weighted by Crippen LogP contribution is -2.40. The molecule has 1 N–H and O–H groups in total. The van der Waals surface area contributed by atoms with E-state index in [2.05, 4.69) is 10.1 Å². The topological polar surface area (TPSA) is 67.9 Å². The third-order valence-electron chi connectivity index (χ3n) is 3.03. The van der Waals surface area contributed by atoms with Gasteiger partial charge in [0.1, 0.15) is 11.6 Å². The van der Waals surface area contributed by atoms with Crippen LogP contribution in [0.5, 0.6) is 5.75 Å². The molecule has 0 aliphatic carbocycles. The van der Waals surface area contributed by atoms with E-state index in [9.17, 15) is 14.0 Å². The quantitative estimate of drug-likeness (QED) is 0.705. The van der Waals surface area contributed by atoms with Crippen molar-refractivity contribution in [3.8, 4) is 5.75 Å². The Balaban J connectivity index is 2.24. The molecule has 128 valence electrons. The first kappa shape index (κ1) is 18.9. The van der Waals surface area contributed by atoms with E-state index < -0.39 is 12.0 Å². The lowest BCUT2D eigenvalue weighted by Gasteiger charge is -2.19. The van der Waals surface area contributed by atoms with Crippen LogP contribution >= 0.6 is 0 Å². The minimum atomic E-state index is -0.729. The van der Waals surface area contributed by atoms with Crippen LogP contribution in [0.15, 0.2) is 24.3 Å². The summed E-state index contributed by atoms with van der Waals surface area (Å²) >= 11 is 0. The smallest absolute Gasteiger partial charge is 0.413 e. The van der Waals surface area contributed by atoms with Gasteiger partial charge in [0, 0.05) is 6.54 Å². The molecule has 1 aromatic carbocycles. The van der Waals surface area contributed by atoms with Crippen LogP contribution in [0.25, 0.3) is 0 Å². The summed E-state index contributed by atoms with van der Waals surface area (Å²) < 4.78 is 22.9. The minimum absolute atomic E-state index is 0.117. The third-order valence-corrected chi connectivity index (χ3v) is 3.03. The number of benzene rings is 1. The second-order valence-electron chi connectivity index (χ2n) is 4.79. The SMILES string of the molecule is CCOC(=O)NC(=O)CN(CC)CCCOc1ccc(F)cc1. The van der Waals surface area contributed by atoms with E-state index >= 15 is 0 Å². The van der Waals surface area contributed by atoms with E-state index in [0.29, 0.717) is 31.9 Å². The Kier molecular flexibility index (Phi) is 8.67. The fourth-order valence-electron chi connectivity index (χ4n) is 1.88. The van der Waals surface area contributed by atoms with Crippen molar-refractivity contribution in [1.82, 2.24) is 10.2 Å². The Bertz CT molecular complexity index is 493. The van der Waals surface area contributed by atoms with Crippen molar-refractivity contribution >= 4 is 12.0 Å². The number of nitrogens with zero attached hydrogens (tertiary/aromatic N) is 1.